The maximum atomic E-state index is 4.98. The van der Waals surface area contributed by atoms with Crippen LogP contribution >= 0.6 is 0 Å². The van der Waals surface area contributed by atoms with Crippen molar-refractivity contribution in [1.29, 1.82) is 0 Å². The molecule has 96 valence electrons. The molecule has 0 amide bonds. The van der Waals surface area contributed by atoms with Gasteiger partial charge < -0.3 is 15.0 Å². The predicted octanol–water partition coefficient (Wildman–Crippen LogP) is 2.06. The van der Waals surface area contributed by atoms with E-state index in [0.717, 1.165) is 32.7 Å². The summed E-state index contributed by atoms with van der Waals surface area (Å²) in [6.07, 6.45) is 1.15. The van der Waals surface area contributed by atoms with Crippen molar-refractivity contribution in [3.8, 4) is 0 Å². The first-order chi connectivity index (χ1) is 8.25. The van der Waals surface area contributed by atoms with Crippen LogP contribution in [0.25, 0.3) is 0 Å². The molecule has 1 N–H and O–H groups in total. The van der Waals surface area contributed by atoms with Crippen molar-refractivity contribution in [3.05, 3.63) is 29.8 Å². The molecule has 0 aliphatic rings. The van der Waals surface area contributed by atoms with Crippen LogP contribution in [0.4, 0.5) is 5.69 Å². The number of aryl methyl sites for hydroxylation is 1. The minimum Gasteiger partial charge on any atom is -0.383 e. The molecule has 0 aliphatic carbocycles. The summed E-state index contributed by atoms with van der Waals surface area (Å²) >= 11 is 0. The van der Waals surface area contributed by atoms with Gasteiger partial charge in [0.1, 0.15) is 0 Å². The first kappa shape index (κ1) is 14.0. The fraction of sp³-hybridized carbons (Fsp3) is 0.571. The summed E-state index contributed by atoms with van der Waals surface area (Å²) in [6, 6.07) is 8.50. The van der Waals surface area contributed by atoms with Gasteiger partial charge in [-0.15, -0.1) is 0 Å². The van der Waals surface area contributed by atoms with E-state index in [0.29, 0.717) is 0 Å². The van der Waals surface area contributed by atoms with E-state index in [1.807, 2.05) is 0 Å². The zero-order valence-electron chi connectivity index (χ0n) is 11.2. The highest BCUT2D eigenvalue weighted by molar-refractivity contribution is 5.52. The molecule has 1 aromatic rings. The number of para-hydroxylation sites is 1. The Labute approximate surface area is 105 Å². The van der Waals surface area contributed by atoms with E-state index >= 15 is 0 Å². The monoisotopic (exact) mass is 236 g/mol. The molecule has 0 aromatic heterocycles. The van der Waals surface area contributed by atoms with Crippen LogP contribution < -0.4 is 10.2 Å². The molecule has 0 unspecified atom stereocenters. The highest BCUT2D eigenvalue weighted by Gasteiger charge is 2.02. The smallest absolute Gasteiger partial charge is 0.0587 e. The summed E-state index contributed by atoms with van der Waals surface area (Å²) in [5, 5.41) is 3.36. The lowest BCUT2D eigenvalue weighted by molar-refractivity contribution is 0.199. The van der Waals surface area contributed by atoms with Gasteiger partial charge in [-0.25, -0.2) is 0 Å². The van der Waals surface area contributed by atoms with E-state index in [-0.39, 0.29) is 0 Å². The minimum atomic E-state index is 0.785. The van der Waals surface area contributed by atoms with E-state index in [4.69, 9.17) is 4.74 Å². The van der Waals surface area contributed by atoms with E-state index < -0.39 is 0 Å². The maximum Gasteiger partial charge on any atom is 0.0587 e. The lowest BCUT2D eigenvalue weighted by Gasteiger charge is -2.21. The summed E-state index contributed by atoms with van der Waals surface area (Å²) in [7, 11) is 3.88. The second-order valence-corrected chi connectivity index (χ2v) is 4.30. The van der Waals surface area contributed by atoms with Crippen LogP contribution in [0.3, 0.4) is 0 Å². The molecule has 17 heavy (non-hydrogen) atoms. The van der Waals surface area contributed by atoms with E-state index in [9.17, 15) is 0 Å². The molecule has 0 spiro atoms. The van der Waals surface area contributed by atoms with Gasteiger partial charge in [0.15, 0.2) is 0 Å². The zero-order chi connectivity index (χ0) is 12.5. The van der Waals surface area contributed by atoms with E-state index in [2.05, 4.69) is 48.5 Å². The van der Waals surface area contributed by atoms with Crippen LogP contribution in [0.2, 0.25) is 0 Å². The predicted molar refractivity (Wildman–Crippen MR) is 73.8 cm³/mol. The largest absolute Gasteiger partial charge is 0.383 e. The third-order valence-electron chi connectivity index (χ3n) is 2.86. The SMILES string of the molecule is COCCNCCCN(C)c1ccccc1C. The molecule has 0 fully saturated rings. The number of methoxy groups -OCH3 is 1. The van der Waals surface area contributed by atoms with Gasteiger partial charge in [0.2, 0.25) is 0 Å². The van der Waals surface area contributed by atoms with Crippen LogP contribution in [0.15, 0.2) is 24.3 Å². The molecule has 3 heteroatoms. The van der Waals surface area contributed by atoms with Crippen molar-refractivity contribution in [2.24, 2.45) is 0 Å². The molecule has 3 nitrogen and oxygen atoms in total. The lowest BCUT2D eigenvalue weighted by atomic mass is 10.2. The Morgan fingerprint density at radius 2 is 2.00 bits per heavy atom. The highest BCUT2D eigenvalue weighted by atomic mass is 16.5. The number of benzene rings is 1. The normalized spacial score (nSPS) is 10.5. The Bertz CT molecular complexity index is 315. The van der Waals surface area contributed by atoms with Crippen molar-refractivity contribution in [2.45, 2.75) is 13.3 Å². The summed E-state index contributed by atoms with van der Waals surface area (Å²) in [5.74, 6) is 0. The molecule has 0 saturated carbocycles. The first-order valence-electron chi connectivity index (χ1n) is 6.22. The number of hydrogen-bond donors (Lipinski definition) is 1. The number of hydrogen-bond acceptors (Lipinski definition) is 3. The second kappa shape index (κ2) is 8.09. The summed E-state index contributed by atoms with van der Waals surface area (Å²) in [6.45, 7) is 5.99. The quantitative estimate of drug-likeness (QED) is 0.699. The van der Waals surface area contributed by atoms with Gasteiger partial charge in [-0.3, -0.25) is 0 Å². The zero-order valence-corrected chi connectivity index (χ0v) is 11.2. The summed E-state index contributed by atoms with van der Waals surface area (Å²) in [4.78, 5) is 2.31. The Balaban J connectivity index is 2.21. The Morgan fingerprint density at radius 3 is 2.71 bits per heavy atom. The van der Waals surface area contributed by atoms with Crippen molar-refractivity contribution in [3.63, 3.8) is 0 Å². The summed E-state index contributed by atoms with van der Waals surface area (Å²) < 4.78 is 4.98. The van der Waals surface area contributed by atoms with E-state index in [1.54, 1.807) is 7.11 Å². The van der Waals surface area contributed by atoms with Crippen molar-refractivity contribution >= 4 is 5.69 Å². The molecule has 0 bridgehead atoms. The Kier molecular flexibility index (Phi) is 6.67. The van der Waals surface area contributed by atoms with Gasteiger partial charge in [-0.2, -0.15) is 0 Å². The van der Waals surface area contributed by atoms with Crippen LogP contribution in [0.5, 0.6) is 0 Å². The van der Waals surface area contributed by atoms with Crippen molar-refractivity contribution < 1.29 is 4.74 Å². The molecular weight excluding hydrogens is 212 g/mol. The average Bonchev–Trinajstić information content (AvgIpc) is 2.34. The first-order valence-corrected chi connectivity index (χ1v) is 6.22. The molecule has 0 aliphatic heterocycles. The topological polar surface area (TPSA) is 24.5 Å². The lowest BCUT2D eigenvalue weighted by Crippen LogP contribution is -2.26. The molecule has 0 saturated heterocycles. The fourth-order valence-corrected chi connectivity index (χ4v) is 1.85. The molecular formula is C14H24N2O. The Morgan fingerprint density at radius 1 is 1.24 bits per heavy atom. The number of rotatable bonds is 8. The molecule has 1 aromatic carbocycles. The number of ether oxygens (including phenoxy) is 1. The third kappa shape index (κ3) is 5.20. The summed E-state index contributed by atoms with van der Waals surface area (Å²) in [5.41, 5.74) is 2.66. The van der Waals surface area contributed by atoms with Crippen LogP contribution in [-0.4, -0.2) is 40.4 Å². The molecule has 0 atom stereocenters. The van der Waals surface area contributed by atoms with Crippen molar-refractivity contribution in [2.75, 3.05) is 45.3 Å². The Hall–Kier alpha value is -1.06. The average molecular weight is 236 g/mol. The van der Waals surface area contributed by atoms with Crippen LogP contribution in [0, 0.1) is 6.92 Å². The second-order valence-electron chi connectivity index (χ2n) is 4.30. The minimum absolute atomic E-state index is 0.785. The van der Waals surface area contributed by atoms with Gasteiger partial charge in [0.25, 0.3) is 0 Å². The van der Waals surface area contributed by atoms with Crippen LogP contribution in [0.1, 0.15) is 12.0 Å². The van der Waals surface area contributed by atoms with Gasteiger partial charge in [-0.05, 0) is 31.5 Å². The number of anilines is 1. The third-order valence-corrected chi connectivity index (χ3v) is 2.86. The maximum absolute atomic E-state index is 4.98. The van der Waals surface area contributed by atoms with E-state index in [1.165, 1.54) is 11.3 Å². The highest BCUT2D eigenvalue weighted by Crippen LogP contribution is 2.17. The van der Waals surface area contributed by atoms with Gasteiger partial charge in [0, 0.05) is 32.9 Å². The van der Waals surface area contributed by atoms with Gasteiger partial charge >= 0.3 is 0 Å². The standard InChI is InChI=1S/C14H24N2O/c1-13-7-4-5-8-14(13)16(2)11-6-9-15-10-12-17-3/h4-5,7-8,15H,6,9-12H2,1-3H3. The number of nitrogens with zero attached hydrogens (tertiary/aromatic N) is 1. The fourth-order valence-electron chi connectivity index (χ4n) is 1.85. The van der Waals surface area contributed by atoms with Gasteiger partial charge in [-0.1, -0.05) is 18.2 Å². The molecule has 1 rings (SSSR count). The van der Waals surface area contributed by atoms with Gasteiger partial charge in [0.05, 0.1) is 6.61 Å². The number of nitrogens with one attached hydrogen (secondary N) is 1. The molecule has 0 heterocycles. The van der Waals surface area contributed by atoms with Crippen LogP contribution in [-0.2, 0) is 4.74 Å². The van der Waals surface area contributed by atoms with Crippen molar-refractivity contribution in [1.82, 2.24) is 5.32 Å². The molecule has 0 radical (unpaired) electrons.